The summed E-state index contributed by atoms with van der Waals surface area (Å²) in [5.74, 6) is 1.50. The predicted molar refractivity (Wildman–Crippen MR) is 129 cm³/mol. The van der Waals surface area contributed by atoms with Crippen molar-refractivity contribution < 1.29 is 9.15 Å². The number of aryl methyl sites for hydroxylation is 1. The van der Waals surface area contributed by atoms with E-state index in [0.717, 1.165) is 30.0 Å². The number of likely N-dealkylation sites (N-methyl/N-ethyl adjacent to an activating group) is 1. The van der Waals surface area contributed by atoms with Gasteiger partial charge in [-0.3, -0.25) is 14.9 Å². The lowest BCUT2D eigenvalue weighted by molar-refractivity contribution is 0.0388. The van der Waals surface area contributed by atoms with E-state index >= 15 is 0 Å². The largest absolute Gasteiger partial charge is 0.488 e. The molecule has 1 aromatic carbocycles. The molecule has 1 aliphatic rings. The lowest BCUT2D eigenvalue weighted by Crippen LogP contribution is -2.51. The van der Waals surface area contributed by atoms with Crippen LogP contribution in [0.5, 0.6) is 5.75 Å². The number of likely N-dealkylation sites (tertiary alicyclic amines) is 1. The van der Waals surface area contributed by atoms with Crippen molar-refractivity contribution in [2.45, 2.75) is 32.3 Å². The van der Waals surface area contributed by atoms with Crippen LogP contribution in [0, 0.1) is 18.3 Å². The summed E-state index contributed by atoms with van der Waals surface area (Å²) < 4.78 is 11.9. The fourth-order valence-electron chi connectivity index (χ4n) is 3.80. The maximum atomic E-state index is 9.46. The molecular weight excluding hydrogens is 442 g/mol. The molecule has 0 atom stereocenters. The molecule has 0 N–H and O–H groups in total. The highest BCUT2D eigenvalue weighted by atomic mass is 16.5. The van der Waals surface area contributed by atoms with Crippen molar-refractivity contribution in [3.63, 3.8) is 0 Å². The molecule has 0 bridgehead atoms. The van der Waals surface area contributed by atoms with Crippen LogP contribution >= 0.6 is 0 Å². The van der Waals surface area contributed by atoms with Crippen LogP contribution in [0.3, 0.4) is 0 Å². The average Bonchev–Trinajstić information content (AvgIpc) is 3.34. The summed E-state index contributed by atoms with van der Waals surface area (Å²) >= 11 is 0. The molecule has 0 amide bonds. The van der Waals surface area contributed by atoms with Crippen LogP contribution in [0.4, 0.5) is 0 Å². The molecule has 1 saturated heterocycles. The van der Waals surface area contributed by atoms with Crippen molar-refractivity contribution in [3.05, 3.63) is 60.2 Å². The first-order chi connectivity index (χ1) is 16.8. The van der Waals surface area contributed by atoms with Gasteiger partial charge in [0.25, 0.3) is 5.89 Å². The third-order valence-corrected chi connectivity index (χ3v) is 5.99. The van der Waals surface area contributed by atoms with Crippen LogP contribution in [0.15, 0.2) is 53.2 Å². The van der Waals surface area contributed by atoms with Crippen molar-refractivity contribution in [3.8, 4) is 46.1 Å². The third kappa shape index (κ3) is 4.61. The Balaban J connectivity index is 1.39. The molecular formula is C26H25N7O2. The SMILES string of the molecule is Cc1ncc(-c2ccnc(C(C)(C)C#N)c2)nc1-c1nnc(-c2ccc(OC3CN(C)C3)cc2)o1. The topological polar surface area (TPSA) is 114 Å². The Bertz CT molecular complexity index is 1400. The minimum Gasteiger partial charge on any atom is -0.488 e. The first-order valence-electron chi connectivity index (χ1n) is 11.3. The van der Waals surface area contributed by atoms with Gasteiger partial charge < -0.3 is 9.15 Å². The molecule has 0 spiro atoms. The maximum Gasteiger partial charge on any atom is 0.268 e. The number of nitriles is 1. The first kappa shape index (κ1) is 22.6. The summed E-state index contributed by atoms with van der Waals surface area (Å²) in [5.41, 5.74) is 3.36. The molecule has 1 aliphatic heterocycles. The fraction of sp³-hybridized carbons (Fsp3) is 0.308. The van der Waals surface area contributed by atoms with E-state index in [1.165, 1.54) is 0 Å². The Morgan fingerprint density at radius 3 is 2.51 bits per heavy atom. The van der Waals surface area contributed by atoms with E-state index in [2.05, 4.69) is 38.2 Å². The van der Waals surface area contributed by atoms with Gasteiger partial charge in [-0.2, -0.15) is 5.26 Å². The molecule has 176 valence electrons. The second kappa shape index (κ2) is 8.89. The fourth-order valence-corrected chi connectivity index (χ4v) is 3.80. The highest BCUT2D eigenvalue weighted by Crippen LogP contribution is 2.29. The molecule has 0 radical (unpaired) electrons. The van der Waals surface area contributed by atoms with Gasteiger partial charge in [0.05, 0.1) is 34.8 Å². The summed E-state index contributed by atoms with van der Waals surface area (Å²) in [4.78, 5) is 15.8. The third-order valence-electron chi connectivity index (χ3n) is 5.99. The molecule has 9 heteroatoms. The number of benzene rings is 1. The van der Waals surface area contributed by atoms with Crippen LogP contribution < -0.4 is 4.74 Å². The molecule has 3 aromatic heterocycles. The van der Waals surface area contributed by atoms with Gasteiger partial charge in [-0.05, 0) is 64.2 Å². The van der Waals surface area contributed by atoms with Crippen LogP contribution in [0.25, 0.3) is 34.3 Å². The van der Waals surface area contributed by atoms with Crippen LogP contribution in [0.2, 0.25) is 0 Å². The van der Waals surface area contributed by atoms with E-state index in [1.54, 1.807) is 12.4 Å². The molecule has 0 unspecified atom stereocenters. The Morgan fingerprint density at radius 1 is 1.06 bits per heavy atom. The quantitative estimate of drug-likeness (QED) is 0.414. The highest BCUT2D eigenvalue weighted by Gasteiger charge is 2.25. The molecule has 1 fully saturated rings. The first-order valence-corrected chi connectivity index (χ1v) is 11.3. The van der Waals surface area contributed by atoms with Gasteiger partial charge in [-0.1, -0.05) is 0 Å². The minimum atomic E-state index is -0.715. The number of hydrogen-bond donors (Lipinski definition) is 0. The molecule has 0 saturated carbocycles. The molecule has 35 heavy (non-hydrogen) atoms. The number of pyridine rings is 1. The van der Waals surface area contributed by atoms with E-state index in [4.69, 9.17) is 14.1 Å². The Hall–Kier alpha value is -4.16. The predicted octanol–water partition coefficient (Wildman–Crippen LogP) is 4.06. The summed E-state index contributed by atoms with van der Waals surface area (Å²) in [5, 5.41) is 17.9. The van der Waals surface area contributed by atoms with Crippen LogP contribution in [-0.4, -0.2) is 56.3 Å². The standard InChI is InChI=1S/C26H25N7O2/c1-16-23(30-21(12-29-16)18-9-10-28-22(11-18)26(2,3)15-27)25-32-31-24(35-25)17-5-7-19(8-6-17)34-20-13-33(4)14-20/h5-12,20H,13-14H2,1-4H3. The average molecular weight is 468 g/mol. The normalized spacial score (nSPS) is 14.4. The second-order valence-electron chi connectivity index (χ2n) is 9.25. The van der Waals surface area contributed by atoms with E-state index in [-0.39, 0.29) is 12.0 Å². The second-order valence-corrected chi connectivity index (χ2v) is 9.25. The zero-order valence-corrected chi connectivity index (χ0v) is 20.1. The molecule has 0 aliphatic carbocycles. The molecule has 5 rings (SSSR count). The number of ether oxygens (including phenoxy) is 1. The molecule has 4 aromatic rings. The van der Waals surface area contributed by atoms with Crippen molar-refractivity contribution in [2.75, 3.05) is 20.1 Å². The van der Waals surface area contributed by atoms with Crippen molar-refractivity contribution in [1.29, 1.82) is 5.26 Å². The lowest BCUT2D eigenvalue weighted by atomic mass is 9.90. The summed E-state index contributed by atoms with van der Waals surface area (Å²) in [6, 6.07) is 13.6. The van der Waals surface area contributed by atoms with Gasteiger partial charge in [0, 0.05) is 30.4 Å². The summed E-state index contributed by atoms with van der Waals surface area (Å²) in [7, 11) is 2.07. The number of nitrogens with zero attached hydrogens (tertiary/aromatic N) is 7. The minimum absolute atomic E-state index is 0.233. The van der Waals surface area contributed by atoms with Gasteiger partial charge >= 0.3 is 0 Å². The van der Waals surface area contributed by atoms with Gasteiger partial charge in [0.1, 0.15) is 17.5 Å². The van der Waals surface area contributed by atoms with Crippen molar-refractivity contribution in [2.24, 2.45) is 0 Å². The molecule has 4 heterocycles. The Morgan fingerprint density at radius 2 is 1.80 bits per heavy atom. The van der Waals surface area contributed by atoms with E-state index in [0.29, 0.717) is 28.7 Å². The number of rotatable bonds is 6. The Kier molecular flexibility index (Phi) is 5.75. The monoisotopic (exact) mass is 467 g/mol. The van der Waals surface area contributed by atoms with E-state index < -0.39 is 5.41 Å². The lowest BCUT2D eigenvalue weighted by Gasteiger charge is -2.35. The van der Waals surface area contributed by atoms with Gasteiger partial charge in [0.2, 0.25) is 5.89 Å². The maximum absolute atomic E-state index is 9.46. The van der Waals surface area contributed by atoms with Crippen molar-refractivity contribution in [1.82, 2.24) is 30.0 Å². The van der Waals surface area contributed by atoms with Crippen LogP contribution in [0.1, 0.15) is 25.2 Å². The van der Waals surface area contributed by atoms with Gasteiger partial charge in [-0.25, -0.2) is 4.98 Å². The van der Waals surface area contributed by atoms with Gasteiger partial charge in [0.15, 0.2) is 0 Å². The summed E-state index contributed by atoms with van der Waals surface area (Å²) in [6.45, 7) is 7.37. The number of hydrogen-bond acceptors (Lipinski definition) is 9. The van der Waals surface area contributed by atoms with Crippen molar-refractivity contribution >= 4 is 0 Å². The zero-order valence-electron chi connectivity index (χ0n) is 20.1. The van der Waals surface area contributed by atoms with E-state index in [1.807, 2.05) is 57.2 Å². The molecule has 9 nitrogen and oxygen atoms in total. The summed E-state index contributed by atoms with van der Waals surface area (Å²) in [6.07, 6.45) is 3.59. The van der Waals surface area contributed by atoms with Gasteiger partial charge in [-0.15, -0.1) is 10.2 Å². The zero-order chi connectivity index (χ0) is 24.6. The van der Waals surface area contributed by atoms with E-state index in [9.17, 15) is 5.26 Å². The van der Waals surface area contributed by atoms with Crippen LogP contribution in [-0.2, 0) is 5.41 Å². The highest BCUT2D eigenvalue weighted by molar-refractivity contribution is 5.64. The number of aromatic nitrogens is 5. The Labute approximate surface area is 203 Å². The smallest absolute Gasteiger partial charge is 0.268 e.